The Morgan fingerprint density at radius 1 is 1.11 bits per heavy atom. The standard InChI is InChI=1S/C18H33N/c1-4-7-8-10-18(19-15-6-3)17-13-11-16(9-5-2)12-14-17/h16-19H,5-6,8-15H2,1-3H3. The van der Waals surface area contributed by atoms with Gasteiger partial charge >= 0.3 is 0 Å². The summed E-state index contributed by atoms with van der Waals surface area (Å²) in [4.78, 5) is 0. The maximum atomic E-state index is 3.78. The maximum Gasteiger partial charge on any atom is 0.0104 e. The third-order valence-electron chi connectivity index (χ3n) is 4.57. The number of hydrogen-bond donors (Lipinski definition) is 1. The number of rotatable bonds is 8. The highest BCUT2D eigenvalue weighted by atomic mass is 14.9. The second kappa shape index (κ2) is 10.3. The molecule has 1 aliphatic rings. The molecule has 1 fully saturated rings. The summed E-state index contributed by atoms with van der Waals surface area (Å²) in [7, 11) is 0. The van der Waals surface area contributed by atoms with E-state index in [1.807, 2.05) is 6.92 Å². The Labute approximate surface area is 120 Å². The Bertz CT molecular complexity index is 265. The molecule has 110 valence electrons. The lowest BCUT2D eigenvalue weighted by molar-refractivity contribution is 0.208. The lowest BCUT2D eigenvalue weighted by Gasteiger charge is -2.34. The van der Waals surface area contributed by atoms with Crippen LogP contribution in [0.1, 0.15) is 78.6 Å². The molecule has 0 bridgehead atoms. The van der Waals surface area contributed by atoms with Gasteiger partial charge in [0.15, 0.2) is 0 Å². The quantitative estimate of drug-likeness (QED) is 0.622. The highest BCUT2D eigenvalue weighted by molar-refractivity contribution is 4.96. The van der Waals surface area contributed by atoms with E-state index in [0.29, 0.717) is 6.04 Å². The molecule has 0 saturated heterocycles. The van der Waals surface area contributed by atoms with Crippen molar-refractivity contribution in [2.75, 3.05) is 6.54 Å². The van der Waals surface area contributed by atoms with Crippen LogP contribution >= 0.6 is 0 Å². The van der Waals surface area contributed by atoms with E-state index < -0.39 is 0 Å². The summed E-state index contributed by atoms with van der Waals surface area (Å²) in [6.07, 6.45) is 12.1. The van der Waals surface area contributed by atoms with Crippen molar-refractivity contribution in [1.82, 2.24) is 5.32 Å². The summed E-state index contributed by atoms with van der Waals surface area (Å²) in [6.45, 7) is 7.69. The van der Waals surface area contributed by atoms with Crippen LogP contribution in [0.25, 0.3) is 0 Å². The molecule has 1 aliphatic carbocycles. The molecule has 1 unspecified atom stereocenters. The highest BCUT2D eigenvalue weighted by Crippen LogP contribution is 2.34. The summed E-state index contributed by atoms with van der Waals surface area (Å²) in [6, 6.07) is 0.711. The molecule has 1 heteroatoms. The van der Waals surface area contributed by atoms with Gasteiger partial charge in [-0.3, -0.25) is 0 Å². The first-order chi connectivity index (χ1) is 9.31. The molecular weight excluding hydrogens is 230 g/mol. The van der Waals surface area contributed by atoms with Crippen molar-refractivity contribution >= 4 is 0 Å². The average molecular weight is 263 g/mol. The fourth-order valence-corrected chi connectivity index (χ4v) is 3.47. The average Bonchev–Trinajstić information content (AvgIpc) is 2.44. The largest absolute Gasteiger partial charge is 0.314 e. The summed E-state index contributed by atoms with van der Waals surface area (Å²) in [5, 5.41) is 3.78. The predicted molar refractivity (Wildman–Crippen MR) is 85.1 cm³/mol. The zero-order valence-corrected chi connectivity index (χ0v) is 13.3. The molecule has 0 amide bonds. The van der Waals surface area contributed by atoms with Crippen LogP contribution in [0.4, 0.5) is 0 Å². The first-order valence-corrected chi connectivity index (χ1v) is 8.44. The second-order valence-electron chi connectivity index (χ2n) is 6.10. The van der Waals surface area contributed by atoms with E-state index >= 15 is 0 Å². The van der Waals surface area contributed by atoms with Gasteiger partial charge in [-0.2, -0.15) is 0 Å². The van der Waals surface area contributed by atoms with Gasteiger partial charge in [-0.25, -0.2) is 0 Å². The minimum atomic E-state index is 0.711. The lowest BCUT2D eigenvalue weighted by Crippen LogP contribution is -2.38. The van der Waals surface area contributed by atoms with Crippen molar-refractivity contribution in [3.63, 3.8) is 0 Å². The van der Waals surface area contributed by atoms with Gasteiger partial charge < -0.3 is 5.32 Å². The summed E-state index contributed by atoms with van der Waals surface area (Å²) in [5.74, 6) is 8.18. The lowest BCUT2D eigenvalue weighted by atomic mass is 9.76. The van der Waals surface area contributed by atoms with Crippen molar-refractivity contribution in [2.45, 2.75) is 84.6 Å². The summed E-state index contributed by atoms with van der Waals surface area (Å²) < 4.78 is 0. The van der Waals surface area contributed by atoms with Gasteiger partial charge in [0.1, 0.15) is 0 Å². The maximum absolute atomic E-state index is 3.78. The van der Waals surface area contributed by atoms with E-state index in [1.54, 1.807) is 0 Å². The van der Waals surface area contributed by atoms with E-state index in [-0.39, 0.29) is 0 Å². The Balaban J connectivity index is 2.38. The molecular formula is C18H33N. The van der Waals surface area contributed by atoms with Crippen LogP contribution in [-0.2, 0) is 0 Å². The van der Waals surface area contributed by atoms with Crippen molar-refractivity contribution in [3.05, 3.63) is 0 Å². The predicted octanol–water partition coefficient (Wildman–Crippen LogP) is 4.76. The first-order valence-electron chi connectivity index (χ1n) is 8.44. The monoisotopic (exact) mass is 263 g/mol. The molecule has 1 nitrogen and oxygen atoms in total. The van der Waals surface area contributed by atoms with Gasteiger partial charge in [0.05, 0.1) is 0 Å². The van der Waals surface area contributed by atoms with Crippen molar-refractivity contribution in [3.8, 4) is 11.8 Å². The van der Waals surface area contributed by atoms with Gasteiger partial charge in [-0.1, -0.05) is 39.5 Å². The molecule has 0 heterocycles. The van der Waals surface area contributed by atoms with E-state index in [1.165, 1.54) is 57.9 Å². The fourth-order valence-electron chi connectivity index (χ4n) is 3.47. The normalized spacial score (nSPS) is 24.6. The molecule has 1 atom stereocenters. The third-order valence-corrected chi connectivity index (χ3v) is 4.57. The second-order valence-corrected chi connectivity index (χ2v) is 6.10. The van der Waals surface area contributed by atoms with Crippen molar-refractivity contribution < 1.29 is 0 Å². The molecule has 1 saturated carbocycles. The Hall–Kier alpha value is -0.480. The summed E-state index contributed by atoms with van der Waals surface area (Å²) in [5.41, 5.74) is 0. The third kappa shape index (κ3) is 6.48. The Kier molecular flexibility index (Phi) is 9.01. The van der Waals surface area contributed by atoms with E-state index in [0.717, 1.165) is 18.3 Å². The van der Waals surface area contributed by atoms with Crippen LogP contribution < -0.4 is 5.32 Å². The van der Waals surface area contributed by atoms with E-state index in [4.69, 9.17) is 0 Å². The van der Waals surface area contributed by atoms with Crippen LogP contribution in [0.3, 0.4) is 0 Å². The molecule has 1 N–H and O–H groups in total. The van der Waals surface area contributed by atoms with Crippen LogP contribution in [0.15, 0.2) is 0 Å². The minimum Gasteiger partial charge on any atom is -0.314 e. The van der Waals surface area contributed by atoms with Crippen molar-refractivity contribution in [2.24, 2.45) is 11.8 Å². The van der Waals surface area contributed by atoms with Crippen LogP contribution in [0.2, 0.25) is 0 Å². The van der Waals surface area contributed by atoms with Gasteiger partial charge in [0.2, 0.25) is 0 Å². The van der Waals surface area contributed by atoms with E-state index in [2.05, 4.69) is 31.0 Å². The van der Waals surface area contributed by atoms with Gasteiger partial charge in [0, 0.05) is 12.5 Å². The van der Waals surface area contributed by atoms with Gasteiger partial charge in [-0.15, -0.1) is 11.8 Å². The van der Waals surface area contributed by atoms with Gasteiger partial charge in [0.25, 0.3) is 0 Å². The molecule has 0 radical (unpaired) electrons. The molecule has 19 heavy (non-hydrogen) atoms. The number of nitrogens with one attached hydrogen (secondary N) is 1. The number of hydrogen-bond acceptors (Lipinski definition) is 1. The molecule has 0 spiro atoms. The fraction of sp³-hybridized carbons (Fsp3) is 0.889. The molecule has 0 aliphatic heterocycles. The zero-order valence-electron chi connectivity index (χ0n) is 13.3. The molecule has 1 rings (SSSR count). The molecule has 0 aromatic carbocycles. The zero-order chi connectivity index (χ0) is 13.9. The molecule has 0 aromatic heterocycles. The van der Waals surface area contributed by atoms with Crippen LogP contribution in [-0.4, -0.2) is 12.6 Å². The van der Waals surface area contributed by atoms with Gasteiger partial charge in [-0.05, 0) is 51.0 Å². The van der Waals surface area contributed by atoms with Crippen LogP contribution in [0.5, 0.6) is 0 Å². The van der Waals surface area contributed by atoms with E-state index in [9.17, 15) is 0 Å². The molecule has 0 aromatic rings. The Morgan fingerprint density at radius 2 is 1.84 bits per heavy atom. The highest BCUT2D eigenvalue weighted by Gasteiger charge is 2.26. The summed E-state index contributed by atoms with van der Waals surface area (Å²) >= 11 is 0. The Morgan fingerprint density at radius 3 is 2.42 bits per heavy atom. The minimum absolute atomic E-state index is 0.711. The van der Waals surface area contributed by atoms with Crippen LogP contribution in [0, 0.1) is 23.7 Å². The SMILES string of the molecule is CC#CCCC(NCCC)C1CCC(CCC)CC1. The topological polar surface area (TPSA) is 12.0 Å². The van der Waals surface area contributed by atoms with Crippen molar-refractivity contribution in [1.29, 1.82) is 0 Å². The smallest absolute Gasteiger partial charge is 0.0104 e. The first kappa shape index (κ1) is 16.6.